The molecule has 0 bridgehead atoms. The molecule has 8 heteroatoms. The van der Waals surface area contributed by atoms with Crippen LogP contribution in [0.15, 0.2) is 143 Å². The van der Waals surface area contributed by atoms with E-state index in [9.17, 15) is 19.7 Å². The van der Waals surface area contributed by atoms with Crippen LogP contribution in [0.5, 0.6) is 0 Å². The van der Waals surface area contributed by atoms with Crippen LogP contribution in [0.25, 0.3) is 22.2 Å². The lowest BCUT2D eigenvalue weighted by molar-refractivity contribution is -0.384. The van der Waals surface area contributed by atoms with Gasteiger partial charge in [-0.05, 0) is 18.2 Å². The van der Waals surface area contributed by atoms with Gasteiger partial charge in [0.1, 0.15) is 5.69 Å². The SMILES string of the molecule is O=C1c2cc([N+](=O)[O-])ccc2-c2c(N=P(c3ccccc3)(c3ccccc3)c3ccccc3)c(=O)c3ccccc3n21. The number of carbonyl (C=O) groups is 1. The number of para-hydroxylation sites is 1. The summed E-state index contributed by atoms with van der Waals surface area (Å²) >= 11 is 0. The van der Waals surface area contributed by atoms with Crippen molar-refractivity contribution in [2.45, 2.75) is 0 Å². The second kappa shape index (κ2) is 9.91. The van der Waals surface area contributed by atoms with Crippen molar-refractivity contribution in [1.29, 1.82) is 0 Å². The fraction of sp³-hybridized carbons (Fsp3) is 0. The molecule has 0 atom stereocenters. The lowest BCUT2D eigenvalue weighted by Crippen LogP contribution is -2.25. The van der Waals surface area contributed by atoms with Crippen LogP contribution in [0.4, 0.5) is 11.4 Å². The molecule has 7 nitrogen and oxygen atoms in total. The van der Waals surface area contributed by atoms with E-state index in [1.54, 1.807) is 30.3 Å². The molecule has 0 saturated carbocycles. The van der Waals surface area contributed by atoms with Crippen molar-refractivity contribution in [2.75, 3.05) is 0 Å². The lowest BCUT2D eigenvalue weighted by Gasteiger charge is -2.27. The molecule has 2 heterocycles. The second-order valence-corrected chi connectivity index (χ2v) is 12.9. The van der Waals surface area contributed by atoms with E-state index in [1.165, 1.54) is 16.7 Å². The minimum Gasteiger partial charge on any atom is -0.287 e. The van der Waals surface area contributed by atoms with Crippen molar-refractivity contribution in [3.05, 3.63) is 159 Å². The summed E-state index contributed by atoms with van der Waals surface area (Å²) in [6.45, 7) is 0. The summed E-state index contributed by atoms with van der Waals surface area (Å²) in [6, 6.07) is 40.9. The van der Waals surface area contributed by atoms with Crippen molar-refractivity contribution >= 4 is 51.2 Å². The summed E-state index contributed by atoms with van der Waals surface area (Å²) in [6.07, 6.45) is 0. The molecule has 0 saturated heterocycles. The first-order chi connectivity index (χ1) is 20.5. The van der Waals surface area contributed by atoms with Gasteiger partial charge in [-0.3, -0.25) is 24.3 Å². The zero-order chi connectivity index (χ0) is 28.8. The molecule has 6 aromatic rings. The maximum atomic E-state index is 14.4. The Hall–Kier alpha value is -5.39. The molecule has 42 heavy (non-hydrogen) atoms. The van der Waals surface area contributed by atoms with Crippen LogP contribution in [0.1, 0.15) is 10.4 Å². The Kier molecular flexibility index (Phi) is 6.03. The number of aromatic nitrogens is 1. The molecule has 1 aliphatic heterocycles. The number of non-ortho nitro benzene ring substituents is 1. The quantitative estimate of drug-likeness (QED) is 0.137. The molecule has 0 aliphatic carbocycles. The fourth-order valence-corrected chi connectivity index (χ4v) is 9.26. The minimum atomic E-state index is -2.88. The number of carbonyl (C=O) groups excluding carboxylic acids is 1. The van der Waals surface area contributed by atoms with Crippen LogP contribution in [0.3, 0.4) is 0 Å². The predicted octanol–water partition coefficient (Wildman–Crippen LogP) is 6.39. The van der Waals surface area contributed by atoms with Crippen molar-refractivity contribution in [1.82, 2.24) is 4.57 Å². The number of pyridine rings is 1. The van der Waals surface area contributed by atoms with Gasteiger partial charge >= 0.3 is 0 Å². The summed E-state index contributed by atoms with van der Waals surface area (Å²) < 4.78 is 6.99. The number of hydrogen-bond donors (Lipinski definition) is 0. The van der Waals surface area contributed by atoms with Gasteiger partial charge in [-0.2, -0.15) is 0 Å². The standard InChI is InChI=1S/C34H22N3O4P/c38-33-28-18-10-11-19-30(28)36-32(27-21-20-23(37(40)41)22-29(27)34(36)39)31(33)35-42(24-12-4-1-5-13-24,25-14-6-2-7-15-25)26-16-8-3-9-17-26/h1-22H. The van der Waals surface area contributed by atoms with Crippen LogP contribution in [0, 0.1) is 10.1 Å². The van der Waals surface area contributed by atoms with E-state index in [4.69, 9.17) is 4.74 Å². The molecule has 1 aromatic heterocycles. The van der Waals surface area contributed by atoms with E-state index >= 15 is 0 Å². The van der Waals surface area contributed by atoms with Crippen molar-refractivity contribution in [2.24, 2.45) is 4.74 Å². The number of benzene rings is 5. The zero-order valence-electron chi connectivity index (χ0n) is 22.1. The number of nitro groups is 1. The Morgan fingerprint density at radius 1 is 0.643 bits per heavy atom. The molecule has 0 amide bonds. The maximum absolute atomic E-state index is 14.4. The van der Waals surface area contributed by atoms with Crippen molar-refractivity contribution in [3.63, 3.8) is 0 Å². The van der Waals surface area contributed by atoms with Gasteiger partial charge in [0.15, 0.2) is 0 Å². The minimum absolute atomic E-state index is 0.152. The molecule has 5 aromatic carbocycles. The first-order valence-corrected chi connectivity index (χ1v) is 15.1. The molecule has 0 unspecified atom stereocenters. The number of fused-ring (bicyclic) bond motifs is 5. The van der Waals surface area contributed by atoms with Gasteiger partial charge in [0.2, 0.25) is 5.43 Å². The third kappa shape index (κ3) is 3.79. The van der Waals surface area contributed by atoms with Gasteiger partial charge in [0.05, 0.1) is 28.8 Å². The number of nitrogens with zero attached hydrogens (tertiary/aromatic N) is 3. The lowest BCUT2D eigenvalue weighted by atomic mass is 10.0. The Morgan fingerprint density at radius 3 is 1.71 bits per heavy atom. The van der Waals surface area contributed by atoms with Gasteiger partial charge < -0.3 is 0 Å². The first kappa shape index (κ1) is 25.6. The third-order valence-electron chi connectivity index (χ3n) is 7.59. The topological polar surface area (TPSA) is 94.6 Å². The Morgan fingerprint density at radius 2 is 1.17 bits per heavy atom. The van der Waals surface area contributed by atoms with Crippen LogP contribution in [0.2, 0.25) is 0 Å². The molecule has 7 rings (SSSR count). The molecule has 202 valence electrons. The molecular weight excluding hydrogens is 545 g/mol. The van der Waals surface area contributed by atoms with Gasteiger partial charge in [0, 0.05) is 39.0 Å². The summed E-state index contributed by atoms with van der Waals surface area (Å²) in [5, 5.41) is 14.8. The van der Waals surface area contributed by atoms with Crippen LogP contribution in [-0.2, 0) is 0 Å². The molecule has 0 radical (unpaired) electrons. The average Bonchev–Trinajstić information content (AvgIpc) is 3.34. The highest BCUT2D eigenvalue weighted by Gasteiger charge is 2.35. The van der Waals surface area contributed by atoms with Crippen molar-refractivity contribution in [3.8, 4) is 11.3 Å². The molecule has 0 spiro atoms. The molecular formula is C34H22N3O4P. The molecule has 0 N–H and O–H groups in total. The number of nitro benzene ring substituents is 1. The molecule has 0 fully saturated rings. The smallest absolute Gasteiger partial charge is 0.270 e. The summed E-state index contributed by atoms with van der Waals surface area (Å²) in [7, 11) is -2.88. The van der Waals surface area contributed by atoms with Crippen LogP contribution < -0.4 is 21.3 Å². The van der Waals surface area contributed by atoms with Crippen molar-refractivity contribution < 1.29 is 9.72 Å². The Labute approximate surface area is 240 Å². The van der Waals surface area contributed by atoms with Crippen LogP contribution >= 0.6 is 7.05 Å². The monoisotopic (exact) mass is 567 g/mol. The van der Waals surface area contributed by atoms with Gasteiger partial charge in [0.25, 0.3) is 11.6 Å². The Balaban J connectivity index is 1.71. The van der Waals surface area contributed by atoms with E-state index in [-0.39, 0.29) is 22.4 Å². The number of rotatable bonds is 5. The molecule has 1 aliphatic rings. The summed E-state index contributed by atoms with van der Waals surface area (Å²) in [5.41, 5.74) is 1.05. The predicted molar refractivity (Wildman–Crippen MR) is 167 cm³/mol. The Bertz CT molecular complexity index is 2060. The van der Waals surface area contributed by atoms with E-state index in [0.29, 0.717) is 22.2 Å². The van der Waals surface area contributed by atoms with E-state index in [0.717, 1.165) is 15.9 Å². The maximum Gasteiger partial charge on any atom is 0.270 e. The average molecular weight is 568 g/mol. The normalized spacial score (nSPS) is 12.1. The summed E-state index contributed by atoms with van der Waals surface area (Å²) in [4.78, 5) is 39.4. The highest BCUT2D eigenvalue weighted by atomic mass is 31.2. The van der Waals surface area contributed by atoms with Gasteiger partial charge in [-0.15, -0.1) is 0 Å². The van der Waals surface area contributed by atoms with Gasteiger partial charge in [-0.1, -0.05) is 103 Å². The van der Waals surface area contributed by atoms with Crippen LogP contribution in [-0.4, -0.2) is 15.4 Å². The number of hydrogen-bond acceptors (Lipinski definition) is 5. The largest absolute Gasteiger partial charge is 0.287 e. The van der Waals surface area contributed by atoms with E-state index in [2.05, 4.69) is 0 Å². The highest BCUT2D eigenvalue weighted by Crippen LogP contribution is 2.51. The van der Waals surface area contributed by atoms with E-state index < -0.39 is 17.9 Å². The third-order valence-corrected chi connectivity index (χ3v) is 11.2. The van der Waals surface area contributed by atoms with E-state index in [1.807, 2.05) is 91.0 Å². The second-order valence-electron chi connectivity index (χ2n) is 9.91. The van der Waals surface area contributed by atoms with Gasteiger partial charge in [-0.25, -0.2) is 4.74 Å². The fourth-order valence-electron chi connectivity index (χ4n) is 5.73. The zero-order valence-corrected chi connectivity index (χ0v) is 23.0. The summed E-state index contributed by atoms with van der Waals surface area (Å²) in [5.74, 6) is -0.431. The first-order valence-electron chi connectivity index (χ1n) is 13.3. The highest BCUT2D eigenvalue weighted by molar-refractivity contribution is 7.87.